The number of rotatable bonds is 8. The molecule has 8 bridgehead atoms. The summed E-state index contributed by atoms with van der Waals surface area (Å²) in [5.41, 5.74) is 12.8. The van der Waals surface area contributed by atoms with Crippen molar-refractivity contribution in [2.24, 2.45) is 0 Å². The summed E-state index contributed by atoms with van der Waals surface area (Å²) < 4.78 is 0. The molecule has 0 radical (unpaired) electrons. The molecule has 5 heterocycles. The lowest BCUT2D eigenvalue weighted by atomic mass is 10.1. The van der Waals surface area contributed by atoms with Gasteiger partial charge in [0.2, 0.25) is 0 Å². The highest BCUT2D eigenvalue weighted by molar-refractivity contribution is 5.83. The van der Waals surface area contributed by atoms with E-state index in [1.807, 2.05) is 24.3 Å². The van der Waals surface area contributed by atoms with E-state index in [1.54, 1.807) is 0 Å². The summed E-state index contributed by atoms with van der Waals surface area (Å²) in [6, 6.07) is 59.1. The molecule has 268 valence electrons. The van der Waals surface area contributed by atoms with Gasteiger partial charge in [0.1, 0.15) is 0 Å². The van der Waals surface area contributed by atoms with Gasteiger partial charge in [0.05, 0.1) is 0 Å². The van der Waals surface area contributed by atoms with Crippen molar-refractivity contribution in [3.05, 3.63) is 261 Å². The maximum atomic E-state index is 3.82. The fourth-order valence-electron chi connectivity index (χ4n) is 7.11. The number of allylic oxidation sites excluding steroid dienone is 4. The molecule has 4 aromatic heterocycles. The van der Waals surface area contributed by atoms with Gasteiger partial charge in [0.15, 0.2) is 0 Å². The number of nitrogens with one attached hydrogen (secondary N) is 4. The van der Waals surface area contributed by atoms with E-state index < -0.39 is 0 Å². The van der Waals surface area contributed by atoms with Crippen LogP contribution in [0.2, 0.25) is 0 Å². The molecular weight excluding hydrogens is 681 g/mol. The smallest absolute Gasteiger partial charge is 0.0479 e. The molecular formula is C52H40N4. The van der Waals surface area contributed by atoms with Crippen LogP contribution in [0.3, 0.4) is 0 Å². The lowest BCUT2D eigenvalue weighted by molar-refractivity contribution is 1.20. The SMILES string of the molecule is C(=Cc1ccccc1)C1=c2ccc([nH]2)=C(C=Cc2ccccc2)c2ccc([nH]2)C(C=Cc2ccccc2)=c2ccc([nH]2)=C(C=Cc2ccccc2)c2ccc1[nH]2. The van der Waals surface area contributed by atoms with Crippen LogP contribution in [0.25, 0.3) is 46.6 Å². The van der Waals surface area contributed by atoms with Gasteiger partial charge in [-0.2, -0.15) is 0 Å². The van der Waals surface area contributed by atoms with Crippen molar-refractivity contribution in [3.63, 3.8) is 0 Å². The molecule has 4 aromatic carbocycles. The Bertz CT molecular complexity index is 2580. The second kappa shape index (κ2) is 15.8. The molecule has 0 unspecified atom stereocenters. The quantitative estimate of drug-likeness (QED) is 0.121. The first-order valence-electron chi connectivity index (χ1n) is 18.9. The second-order valence-electron chi connectivity index (χ2n) is 13.8. The molecule has 0 spiro atoms. The zero-order valence-corrected chi connectivity index (χ0v) is 30.8. The monoisotopic (exact) mass is 720 g/mol. The molecule has 0 saturated heterocycles. The summed E-state index contributed by atoms with van der Waals surface area (Å²) in [6.45, 7) is 0. The average Bonchev–Trinajstić information content (AvgIpc) is 4.10. The third-order valence-electron chi connectivity index (χ3n) is 10.0. The Labute approximate surface area is 326 Å². The first-order chi connectivity index (χ1) is 27.7. The van der Waals surface area contributed by atoms with Crippen LogP contribution in [0.1, 0.15) is 45.0 Å². The molecule has 56 heavy (non-hydrogen) atoms. The van der Waals surface area contributed by atoms with E-state index in [0.29, 0.717) is 0 Å². The van der Waals surface area contributed by atoms with E-state index in [-0.39, 0.29) is 0 Å². The zero-order valence-electron chi connectivity index (χ0n) is 30.8. The normalized spacial score (nSPS) is 13.3. The Hall–Kier alpha value is -7.56. The van der Waals surface area contributed by atoms with Crippen LogP contribution < -0.4 is 21.4 Å². The molecule has 0 amide bonds. The van der Waals surface area contributed by atoms with Gasteiger partial charge < -0.3 is 19.9 Å². The Morgan fingerprint density at radius 2 is 0.446 bits per heavy atom. The number of hydrogen-bond donors (Lipinski definition) is 4. The zero-order chi connectivity index (χ0) is 37.5. The third-order valence-corrected chi connectivity index (χ3v) is 10.0. The van der Waals surface area contributed by atoms with Crippen LogP contribution in [0.15, 0.2) is 194 Å². The van der Waals surface area contributed by atoms with Gasteiger partial charge >= 0.3 is 0 Å². The number of aromatic amines is 4. The van der Waals surface area contributed by atoms with E-state index in [4.69, 9.17) is 0 Å². The fourth-order valence-corrected chi connectivity index (χ4v) is 7.11. The molecule has 0 aliphatic carbocycles. The van der Waals surface area contributed by atoms with E-state index >= 15 is 0 Å². The molecule has 4 nitrogen and oxygen atoms in total. The maximum Gasteiger partial charge on any atom is 0.0479 e. The van der Waals surface area contributed by atoms with Gasteiger partial charge in [-0.15, -0.1) is 0 Å². The van der Waals surface area contributed by atoms with Crippen LogP contribution in [0, 0.1) is 0 Å². The molecule has 0 atom stereocenters. The number of hydrogen-bond acceptors (Lipinski definition) is 0. The first-order valence-corrected chi connectivity index (χ1v) is 18.9. The van der Waals surface area contributed by atoms with E-state index in [2.05, 4.69) is 214 Å². The average molecular weight is 721 g/mol. The summed E-state index contributed by atoms with van der Waals surface area (Å²) >= 11 is 0. The molecule has 1 aliphatic rings. The fraction of sp³-hybridized carbons (Fsp3) is 0. The summed E-state index contributed by atoms with van der Waals surface area (Å²) in [5.74, 6) is 0. The largest absolute Gasteiger partial charge is 0.354 e. The minimum absolute atomic E-state index is 1.01. The van der Waals surface area contributed by atoms with Crippen molar-refractivity contribution in [1.82, 2.24) is 19.9 Å². The molecule has 4 heteroatoms. The van der Waals surface area contributed by atoms with Gasteiger partial charge in [0.25, 0.3) is 0 Å². The van der Waals surface area contributed by atoms with E-state index in [9.17, 15) is 0 Å². The summed E-state index contributed by atoms with van der Waals surface area (Å²) in [7, 11) is 0. The predicted molar refractivity (Wildman–Crippen MR) is 234 cm³/mol. The van der Waals surface area contributed by atoms with Gasteiger partial charge in [-0.25, -0.2) is 0 Å². The van der Waals surface area contributed by atoms with Gasteiger partial charge in [-0.3, -0.25) is 0 Å². The Morgan fingerprint density at radius 1 is 0.214 bits per heavy atom. The number of fused-ring (bicyclic) bond motifs is 8. The molecule has 0 saturated carbocycles. The van der Waals surface area contributed by atoms with Crippen LogP contribution in [0.4, 0.5) is 0 Å². The molecule has 9 rings (SSSR count). The van der Waals surface area contributed by atoms with Crippen LogP contribution in [-0.4, -0.2) is 19.9 Å². The van der Waals surface area contributed by atoms with Gasteiger partial charge in [-0.1, -0.05) is 170 Å². The topological polar surface area (TPSA) is 63.2 Å². The molecule has 0 fully saturated rings. The second-order valence-corrected chi connectivity index (χ2v) is 13.8. The third kappa shape index (κ3) is 7.58. The molecule has 1 aliphatic heterocycles. The number of H-pyrrole nitrogens is 4. The standard InChI is InChI=1S/C52H40N4/c1-5-13-37(14-6-1)21-25-41-45-29-31-47(53-45)42(26-22-38-15-7-2-8-16-38)49-33-35-51(55-49)44(28-24-40-19-11-4-12-20-40)52-36-34-50(56-52)43(48-32-30-46(41)54-48)27-23-39-17-9-3-10-18-39/h1-36,53-56H. The van der Waals surface area contributed by atoms with Crippen molar-refractivity contribution in [1.29, 1.82) is 0 Å². The van der Waals surface area contributed by atoms with E-state index in [1.165, 1.54) is 0 Å². The summed E-state index contributed by atoms with van der Waals surface area (Å²) in [4.78, 5) is 15.3. The first kappa shape index (κ1) is 34.2. The van der Waals surface area contributed by atoms with Crippen molar-refractivity contribution in [2.45, 2.75) is 0 Å². The van der Waals surface area contributed by atoms with E-state index in [0.717, 1.165) is 88.7 Å². The van der Waals surface area contributed by atoms with Crippen LogP contribution in [-0.2, 0) is 0 Å². The van der Waals surface area contributed by atoms with Crippen molar-refractivity contribution >= 4 is 46.6 Å². The predicted octanol–water partition coefficient (Wildman–Crippen LogP) is 8.96. The highest BCUT2D eigenvalue weighted by atomic mass is 14.8. The van der Waals surface area contributed by atoms with Crippen molar-refractivity contribution in [2.75, 3.05) is 0 Å². The summed E-state index contributed by atoms with van der Waals surface area (Å²) in [5, 5.41) is 4.02. The van der Waals surface area contributed by atoms with Crippen molar-refractivity contribution < 1.29 is 0 Å². The summed E-state index contributed by atoms with van der Waals surface area (Å²) in [6.07, 6.45) is 17.5. The number of aromatic nitrogens is 4. The highest BCUT2D eigenvalue weighted by Crippen LogP contribution is 2.22. The highest BCUT2D eigenvalue weighted by Gasteiger charge is 2.13. The van der Waals surface area contributed by atoms with Crippen LogP contribution in [0.5, 0.6) is 0 Å². The van der Waals surface area contributed by atoms with Crippen LogP contribution >= 0.6 is 0 Å². The van der Waals surface area contributed by atoms with Gasteiger partial charge in [0, 0.05) is 66.5 Å². The lowest BCUT2D eigenvalue weighted by Gasteiger charge is -2.04. The van der Waals surface area contributed by atoms with Crippen molar-refractivity contribution in [3.8, 4) is 0 Å². The lowest BCUT2D eigenvalue weighted by Crippen LogP contribution is -2.17. The maximum absolute atomic E-state index is 3.82. The number of benzene rings is 4. The van der Waals surface area contributed by atoms with Gasteiger partial charge in [-0.05, 0) is 70.8 Å². The minimum Gasteiger partial charge on any atom is -0.354 e. The Balaban J connectivity index is 1.32. The molecule has 8 aromatic rings. The minimum atomic E-state index is 1.01. The Morgan fingerprint density at radius 3 is 0.679 bits per heavy atom. The molecule has 4 N–H and O–H groups in total. The Kier molecular flexibility index (Phi) is 9.66.